The van der Waals surface area contributed by atoms with Gasteiger partial charge in [-0.3, -0.25) is 4.79 Å². The third-order valence-electron chi connectivity index (χ3n) is 5.75. The van der Waals surface area contributed by atoms with E-state index in [1.54, 1.807) is 0 Å². The van der Waals surface area contributed by atoms with E-state index in [9.17, 15) is 39.6 Å². The van der Waals surface area contributed by atoms with Crippen LogP contribution < -0.4 is 4.74 Å². The first kappa shape index (κ1) is 26.8. The van der Waals surface area contributed by atoms with Gasteiger partial charge in [-0.2, -0.15) is 26.3 Å². The molecule has 1 heterocycles. The summed E-state index contributed by atoms with van der Waals surface area (Å²) in [6, 6.07) is 7.80. The van der Waals surface area contributed by atoms with Crippen molar-refractivity contribution in [1.29, 1.82) is 0 Å². The predicted octanol–water partition coefficient (Wildman–Crippen LogP) is 5.14. The Morgan fingerprint density at radius 3 is 2.26 bits per heavy atom. The molecule has 1 aliphatic rings. The van der Waals surface area contributed by atoms with E-state index in [1.807, 2.05) is 0 Å². The number of benzene rings is 2. The van der Waals surface area contributed by atoms with Crippen LogP contribution in [0.2, 0.25) is 0 Å². The SMILES string of the molecule is C[C@H](Oc1ccc(S(C)(=O)=O)cc1C(=O)N1CCC(Cc2ccc(C(F)(F)F)cc2)C1)C(F)(F)F. The van der Waals surface area contributed by atoms with Crippen molar-refractivity contribution in [3.05, 3.63) is 59.2 Å². The topological polar surface area (TPSA) is 63.7 Å². The number of halogens is 6. The van der Waals surface area contributed by atoms with E-state index < -0.39 is 45.5 Å². The van der Waals surface area contributed by atoms with Gasteiger partial charge in [-0.1, -0.05) is 12.1 Å². The van der Waals surface area contributed by atoms with Crippen molar-refractivity contribution in [2.24, 2.45) is 5.92 Å². The van der Waals surface area contributed by atoms with Gasteiger partial charge in [-0.15, -0.1) is 0 Å². The Kier molecular flexibility index (Phi) is 7.45. The molecular weight excluding hydrogens is 500 g/mol. The lowest BCUT2D eigenvalue weighted by Gasteiger charge is -2.22. The number of carbonyl (C=O) groups excluding carboxylic acids is 1. The fraction of sp³-hybridized carbons (Fsp3) is 0.435. The average molecular weight is 523 g/mol. The van der Waals surface area contributed by atoms with Gasteiger partial charge in [0.15, 0.2) is 15.9 Å². The van der Waals surface area contributed by atoms with Crippen molar-refractivity contribution < 1.29 is 44.3 Å². The second-order valence-electron chi connectivity index (χ2n) is 8.54. The molecule has 0 spiro atoms. The zero-order chi connectivity index (χ0) is 26.2. The van der Waals surface area contributed by atoms with Crippen LogP contribution in [0.15, 0.2) is 47.4 Å². The van der Waals surface area contributed by atoms with Gasteiger partial charge in [0.05, 0.1) is 16.0 Å². The summed E-state index contributed by atoms with van der Waals surface area (Å²) < 4.78 is 106. The molecule has 35 heavy (non-hydrogen) atoms. The minimum Gasteiger partial charge on any atom is -0.480 e. The van der Waals surface area contributed by atoms with Crippen LogP contribution in [0.1, 0.15) is 34.8 Å². The van der Waals surface area contributed by atoms with E-state index in [4.69, 9.17) is 4.74 Å². The van der Waals surface area contributed by atoms with Crippen LogP contribution >= 0.6 is 0 Å². The smallest absolute Gasteiger partial charge is 0.425 e. The molecule has 0 aromatic heterocycles. The summed E-state index contributed by atoms with van der Waals surface area (Å²) in [7, 11) is -3.75. The van der Waals surface area contributed by atoms with E-state index in [0.29, 0.717) is 18.4 Å². The number of rotatable bonds is 6. The van der Waals surface area contributed by atoms with Crippen LogP contribution in [0, 0.1) is 5.92 Å². The molecule has 1 amide bonds. The number of ether oxygens (including phenoxy) is 1. The van der Waals surface area contributed by atoms with Gasteiger partial charge in [0, 0.05) is 19.3 Å². The summed E-state index contributed by atoms with van der Waals surface area (Å²) in [6.45, 7) is 1.23. The molecule has 0 N–H and O–H groups in total. The average Bonchev–Trinajstić information content (AvgIpc) is 3.20. The first-order valence-electron chi connectivity index (χ1n) is 10.6. The van der Waals surface area contributed by atoms with Crippen molar-refractivity contribution in [2.45, 2.75) is 43.1 Å². The monoisotopic (exact) mass is 523 g/mol. The highest BCUT2D eigenvalue weighted by atomic mass is 32.2. The van der Waals surface area contributed by atoms with Crippen molar-refractivity contribution in [2.75, 3.05) is 19.3 Å². The fourth-order valence-corrected chi connectivity index (χ4v) is 4.43. The molecule has 12 heteroatoms. The van der Waals surface area contributed by atoms with Crippen molar-refractivity contribution in [3.63, 3.8) is 0 Å². The molecule has 0 radical (unpaired) electrons. The predicted molar refractivity (Wildman–Crippen MR) is 115 cm³/mol. The summed E-state index contributed by atoms with van der Waals surface area (Å²) >= 11 is 0. The Morgan fingerprint density at radius 2 is 1.71 bits per heavy atom. The van der Waals surface area contributed by atoms with Crippen LogP contribution in [0.3, 0.4) is 0 Å². The number of sulfone groups is 1. The number of nitrogens with zero attached hydrogens (tertiary/aromatic N) is 1. The number of amides is 1. The van der Waals surface area contributed by atoms with E-state index in [2.05, 4.69) is 0 Å². The van der Waals surface area contributed by atoms with Gasteiger partial charge >= 0.3 is 12.4 Å². The summed E-state index contributed by atoms with van der Waals surface area (Å²) in [5.74, 6) is -1.17. The molecule has 2 aromatic carbocycles. The van der Waals surface area contributed by atoms with Crippen molar-refractivity contribution >= 4 is 15.7 Å². The molecule has 1 unspecified atom stereocenters. The second kappa shape index (κ2) is 9.71. The summed E-state index contributed by atoms with van der Waals surface area (Å²) in [6.07, 6.45) is -9.54. The van der Waals surface area contributed by atoms with E-state index in [1.165, 1.54) is 17.0 Å². The van der Waals surface area contributed by atoms with Crippen LogP contribution in [-0.2, 0) is 22.4 Å². The lowest BCUT2D eigenvalue weighted by Crippen LogP contribution is -2.33. The number of hydrogen-bond donors (Lipinski definition) is 0. The maximum absolute atomic E-state index is 13.2. The first-order valence-corrected chi connectivity index (χ1v) is 12.5. The van der Waals surface area contributed by atoms with Gasteiger partial charge < -0.3 is 9.64 Å². The van der Waals surface area contributed by atoms with Crippen LogP contribution in [0.25, 0.3) is 0 Å². The van der Waals surface area contributed by atoms with Gasteiger partial charge in [0.2, 0.25) is 0 Å². The molecule has 1 aliphatic heterocycles. The van der Waals surface area contributed by atoms with E-state index in [0.717, 1.165) is 43.5 Å². The highest BCUT2D eigenvalue weighted by molar-refractivity contribution is 7.90. The van der Waals surface area contributed by atoms with Crippen LogP contribution in [-0.4, -0.2) is 50.9 Å². The first-order chi connectivity index (χ1) is 16.1. The normalized spacial score (nSPS) is 17.9. The molecule has 5 nitrogen and oxygen atoms in total. The van der Waals surface area contributed by atoms with Crippen molar-refractivity contribution in [1.82, 2.24) is 4.90 Å². The lowest BCUT2D eigenvalue weighted by atomic mass is 9.98. The molecule has 0 saturated carbocycles. The molecule has 2 atom stereocenters. The third kappa shape index (κ3) is 6.68. The summed E-state index contributed by atoms with van der Waals surface area (Å²) in [5.41, 5.74) is -0.422. The zero-order valence-electron chi connectivity index (χ0n) is 18.8. The second-order valence-corrected chi connectivity index (χ2v) is 10.6. The Bertz CT molecular complexity index is 1180. The van der Waals surface area contributed by atoms with Gasteiger partial charge in [0.1, 0.15) is 5.75 Å². The summed E-state index contributed by atoms with van der Waals surface area (Å²) in [5, 5.41) is 0. The van der Waals surface area contributed by atoms with E-state index in [-0.39, 0.29) is 29.5 Å². The Labute approximate surface area is 198 Å². The quantitative estimate of drug-likeness (QED) is 0.492. The standard InChI is InChI=1S/C23H23F6NO4S/c1-14(22(24,25)26)34-20-8-7-18(35(2,32)33)12-19(20)21(31)30-10-9-16(13-30)11-15-3-5-17(6-4-15)23(27,28)29/h3-8,12,14,16H,9-11,13H2,1-2H3/t14-,16?/m0/s1. The minimum absolute atomic E-state index is 0.0905. The third-order valence-corrected chi connectivity index (χ3v) is 6.86. The highest BCUT2D eigenvalue weighted by Gasteiger charge is 2.39. The minimum atomic E-state index is -4.70. The highest BCUT2D eigenvalue weighted by Crippen LogP contribution is 2.32. The van der Waals surface area contributed by atoms with E-state index >= 15 is 0 Å². The Morgan fingerprint density at radius 1 is 1.09 bits per heavy atom. The van der Waals surface area contributed by atoms with Gasteiger partial charge in [-0.05, 0) is 61.6 Å². The molecule has 1 fully saturated rings. The lowest BCUT2D eigenvalue weighted by molar-refractivity contribution is -0.189. The molecule has 0 aliphatic carbocycles. The Balaban J connectivity index is 1.79. The fourth-order valence-electron chi connectivity index (χ4n) is 3.78. The number of hydrogen-bond acceptors (Lipinski definition) is 4. The molecule has 192 valence electrons. The van der Waals surface area contributed by atoms with Crippen LogP contribution in [0.5, 0.6) is 5.75 Å². The van der Waals surface area contributed by atoms with Gasteiger partial charge in [0.25, 0.3) is 5.91 Å². The Hall–Kier alpha value is -2.76. The maximum Gasteiger partial charge on any atom is 0.425 e. The largest absolute Gasteiger partial charge is 0.480 e. The molecule has 3 rings (SSSR count). The number of carbonyl (C=O) groups is 1. The summed E-state index contributed by atoms with van der Waals surface area (Å²) in [4.78, 5) is 14.3. The maximum atomic E-state index is 13.2. The molecule has 1 saturated heterocycles. The van der Waals surface area contributed by atoms with Gasteiger partial charge in [-0.25, -0.2) is 8.42 Å². The zero-order valence-corrected chi connectivity index (χ0v) is 19.6. The number of likely N-dealkylation sites (tertiary alicyclic amines) is 1. The number of alkyl halides is 6. The molecule has 0 bridgehead atoms. The van der Waals surface area contributed by atoms with Crippen molar-refractivity contribution in [3.8, 4) is 5.75 Å². The molecule has 2 aromatic rings. The molecular formula is C23H23F6NO4S. The van der Waals surface area contributed by atoms with Crippen LogP contribution in [0.4, 0.5) is 26.3 Å².